The van der Waals surface area contributed by atoms with Crippen molar-refractivity contribution in [1.82, 2.24) is 9.38 Å². The fraction of sp³-hybridized carbons (Fsp3) is 0.162. The van der Waals surface area contributed by atoms with Crippen molar-refractivity contribution in [2.75, 3.05) is 0 Å². The number of benzene rings is 5. The highest BCUT2D eigenvalue weighted by Crippen LogP contribution is 2.48. The number of hydrogen-bond donors (Lipinski definition) is 0. The van der Waals surface area contributed by atoms with E-state index in [9.17, 15) is 0 Å². The highest BCUT2D eigenvalue weighted by atomic mass is 32.2. The Hall–Kier alpha value is -3.64. The van der Waals surface area contributed by atoms with Crippen LogP contribution in [0, 0.1) is 6.92 Å². The molecule has 0 saturated heterocycles. The molecule has 0 bridgehead atoms. The van der Waals surface area contributed by atoms with Crippen molar-refractivity contribution in [1.29, 1.82) is 0 Å². The third-order valence-corrected chi connectivity index (χ3v) is 15.4. The lowest BCUT2D eigenvalue weighted by atomic mass is 9.78. The molecule has 1 aliphatic heterocycles. The molecule has 0 unspecified atom stereocenters. The Morgan fingerprint density at radius 1 is 0.738 bits per heavy atom. The Morgan fingerprint density at radius 3 is 2.36 bits per heavy atom. The number of imidazole rings is 1. The first kappa shape index (κ1) is 26.0. The standard InChI is InChI=1S/C37H32N2S2Si/c1-23-20-21-24(42(4,5)33-19-11-14-28-35(33)40-32-18-9-6-13-27(32)37(28,2)3)22-26(23)25-12-10-17-31-34(25)41-36-38-29-15-7-8-16-30(29)39(31)36/h6-22H,1-5H3. The van der Waals surface area contributed by atoms with Crippen LogP contribution in [0.25, 0.3) is 37.3 Å². The van der Waals surface area contributed by atoms with Gasteiger partial charge in [0.05, 0.1) is 21.3 Å². The average molecular weight is 597 g/mol. The zero-order valence-corrected chi connectivity index (χ0v) is 27.2. The van der Waals surface area contributed by atoms with Crippen molar-refractivity contribution in [3.05, 3.63) is 120 Å². The Balaban J connectivity index is 1.29. The Labute approximate surface area is 256 Å². The lowest BCUT2D eigenvalue weighted by Gasteiger charge is -2.38. The van der Waals surface area contributed by atoms with Gasteiger partial charge in [-0.05, 0) is 58.6 Å². The van der Waals surface area contributed by atoms with Crippen LogP contribution >= 0.6 is 23.1 Å². The summed E-state index contributed by atoms with van der Waals surface area (Å²) in [5, 5.41) is 3.00. The number of aromatic nitrogens is 2. The number of thiazole rings is 1. The molecule has 7 aromatic rings. The predicted molar refractivity (Wildman–Crippen MR) is 184 cm³/mol. The molecule has 42 heavy (non-hydrogen) atoms. The van der Waals surface area contributed by atoms with Crippen molar-refractivity contribution >= 4 is 67.8 Å². The van der Waals surface area contributed by atoms with Gasteiger partial charge in [0.15, 0.2) is 4.96 Å². The molecule has 0 amide bonds. The predicted octanol–water partition coefficient (Wildman–Crippen LogP) is 9.29. The number of nitrogens with zero attached hydrogens (tertiary/aromatic N) is 2. The maximum atomic E-state index is 4.96. The zero-order valence-electron chi connectivity index (χ0n) is 24.5. The fourth-order valence-corrected chi connectivity index (χ4v) is 12.9. The molecular formula is C37H32N2S2Si. The van der Waals surface area contributed by atoms with E-state index in [2.05, 4.69) is 141 Å². The van der Waals surface area contributed by atoms with Crippen molar-refractivity contribution in [2.45, 2.75) is 49.1 Å². The van der Waals surface area contributed by atoms with E-state index in [1.807, 2.05) is 11.8 Å². The summed E-state index contributed by atoms with van der Waals surface area (Å²) >= 11 is 3.77. The number of para-hydroxylation sites is 2. The summed E-state index contributed by atoms with van der Waals surface area (Å²) < 4.78 is 3.63. The van der Waals surface area contributed by atoms with Gasteiger partial charge in [0.25, 0.3) is 0 Å². The molecule has 0 saturated carbocycles. The summed E-state index contributed by atoms with van der Waals surface area (Å²) in [6.07, 6.45) is 0. The van der Waals surface area contributed by atoms with Crippen molar-refractivity contribution in [3.63, 3.8) is 0 Å². The van der Waals surface area contributed by atoms with Gasteiger partial charge in [-0.25, -0.2) is 4.98 Å². The number of aryl methyl sites for hydroxylation is 1. The zero-order chi connectivity index (χ0) is 28.8. The van der Waals surface area contributed by atoms with Gasteiger partial charge in [0.1, 0.15) is 8.07 Å². The SMILES string of the molecule is Cc1ccc([Si](C)(C)c2cccc3c2Sc2ccccc2C3(C)C)cc1-c1cccc2c1sc1nc3ccccc3n12. The second-order valence-electron chi connectivity index (χ2n) is 12.5. The molecule has 206 valence electrons. The molecule has 8 rings (SSSR count). The summed E-state index contributed by atoms with van der Waals surface area (Å²) in [5.41, 5.74) is 10.3. The molecule has 0 aliphatic carbocycles. The summed E-state index contributed by atoms with van der Waals surface area (Å²) in [5.74, 6) is 0. The third-order valence-electron chi connectivity index (χ3n) is 9.34. The van der Waals surface area contributed by atoms with E-state index in [1.165, 1.54) is 63.7 Å². The highest BCUT2D eigenvalue weighted by molar-refractivity contribution is 7.99. The number of rotatable bonds is 3. The Morgan fingerprint density at radius 2 is 1.48 bits per heavy atom. The van der Waals surface area contributed by atoms with Crippen molar-refractivity contribution < 1.29 is 0 Å². The van der Waals surface area contributed by atoms with Crippen molar-refractivity contribution in [2.24, 2.45) is 0 Å². The van der Waals surface area contributed by atoms with Gasteiger partial charge in [0.2, 0.25) is 0 Å². The summed E-state index contributed by atoms with van der Waals surface area (Å²) in [7, 11) is -2.06. The normalized spacial score (nSPS) is 14.4. The fourth-order valence-electron chi connectivity index (χ4n) is 6.83. The minimum Gasteiger partial charge on any atom is -0.283 e. The summed E-state index contributed by atoms with van der Waals surface area (Å²) in [6, 6.07) is 38.4. The molecule has 2 nitrogen and oxygen atoms in total. The van der Waals surface area contributed by atoms with Crippen LogP contribution in [-0.4, -0.2) is 17.5 Å². The van der Waals surface area contributed by atoms with E-state index < -0.39 is 8.07 Å². The van der Waals surface area contributed by atoms with E-state index in [-0.39, 0.29) is 5.41 Å². The first-order valence-electron chi connectivity index (χ1n) is 14.6. The lowest BCUT2D eigenvalue weighted by Crippen LogP contribution is -2.54. The van der Waals surface area contributed by atoms with Gasteiger partial charge in [-0.3, -0.25) is 4.40 Å². The molecule has 2 aromatic heterocycles. The highest BCUT2D eigenvalue weighted by Gasteiger charge is 2.38. The van der Waals surface area contributed by atoms with Crippen LogP contribution in [0.1, 0.15) is 30.5 Å². The largest absolute Gasteiger partial charge is 0.283 e. The minimum atomic E-state index is -2.06. The van der Waals surface area contributed by atoms with E-state index in [4.69, 9.17) is 4.98 Å². The second kappa shape index (κ2) is 9.18. The van der Waals surface area contributed by atoms with Crippen LogP contribution in [0.4, 0.5) is 0 Å². The van der Waals surface area contributed by atoms with Gasteiger partial charge in [-0.1, -0.05) is 134 Å². The summed E-state index contributed by atoms with van der Waals surface area (Å²) in [4.78, 5) is 8.87. The second-order valence-corrected chi connectivity index (χ2v) is 18.9. The van der Waals surface area contributed by atoms with Crippen LogP contribution in [0.3, 0.4) is 0 Å². The Bertz CT molecular complexity index is 2200. The minimum absolute atomic E-state index is 0.0212. The van der Waals surface area contributed by atoms with E-state index >= 15 is 0 Å². The molecular weight excluding hydrogens is 565 g/mol. The van der Waals surface area contributed by atoms with Crippen molar-refractivity contribution in [3.8, 4) is 11.1 Å². The molecule has 0 radical (unpaired) electrons. The van der Waals surface area contributed by atoms with E-state index in [1.54, 1.807) is 11.3 Å². The van der Waals surface area contributed by atoms with Crippen LogP contribution in [0.2, 0.25) is 13.1 Å². The molecule has 0 atom stereocenters. The average Bonchev–Trinajstić information content (AvgIpc) is 3.53. The smallest absolute Gasteiger partial charge is 0.195 e. The molecule has 0 spiro atoms. The molecule has 0 N–H and O–H groups in total. The van der Waals surface area contributed by atoms with Gasteiger partial charge in [-0.2, -0.15) is 0 Å². The molecule has 5 aromatic carbocycles. The van der Waals surface area contributed by atoms with Gasteiger partial charge >= 0.3 is 0 Å². The maximum absolute atomic E-state index is 4.96. The van der Waals surface area contributed by atoms with Crippen LogP contribution in [-0.2, 0) is 5.41 Å². The molecule has 3 heterocycles. The summed E-state index contributed by atoms with van der Waals surface area (Å²) in [6.45, 7) is 12.1. The van der Waals surface area contributed by atoms with E-state index in [0.29, 0.717) is 0 Å². The van der Waals surface area contributed by atoms with E-state index in [0.717, 1.165) is 10.5 Å². The van der Waals surface area contributed by atoms with Crippen LogP contribution in [0.5, 0.6) is 0 Å². The maximum Gasteiger partial charge on any atom is 0.195 e. The Kier molecular flexibility index (Phi) is 5.68. The van der Waals surface area contributed by atoms with Crippen LogP contribution in [0.15, 0.2) is 113 Å². The van der Waals surface area contributed by atoms with Crippen LogP contribution < -0.4 is 10.4 Å². The topological polar surface area (TPSA) is 17.3 Å². The van der Waals surface area contributed by atoms with Gasteiger partial charge < -0.3 is 0 Å². The van der Waals surface area contributed by atoms with Gasteiger partial charge in [-0.15, -0.1) is 0 Å². The lowest BCUT2D eigenvalue weighted by molar-refractivity contribution is 0.608. The first-order chi connectivity index (χ1) is 20.2. The number of hydrogen-bond acceptors (Lipinski definition) is 3. The molecule has 1 aliphatic rings. The molecule has 5 heteroatoms. The number of fused-ring (bicyclic) bond motifs is 7. The quantitative estimate of drug-likeness (QED) is 0.189. The molecule has 0 fully saturated rings. The monoisotopic (exact) mass is 596 g/mol. The first-order valence-corrected chi connectivity index (χ1v) is 19.2. The third kappa shape index (κ3) is 3.67. The van der Waals surface area contributed by atoms with Gasteiger partial charge in [0, 0.05) is 20.8 Å².